The minimum atomic E-state index is -0.337. The maximum absolute atomic E-state index is 12.4. The highest BCUT2D eigenvalue weighted by molar-refractivity contribution is 6.02. The van der Waals surface area contributed by atoms with Crippen molar-refractivity contribution in [3.63, 3.8) is 0 Å². The molecule has 1 amide bonds. The Morgan fingerprint density at radius 1 is 1.14 bits per heavy atom. The smallest absolute Gasteiger partial charge is 0.251 e. The van der Waals surface area contributed by atoms with Crippen LogP contribution < -0.4 is 5.73 Å². The van der Waals surface area contributed by atoms with Crippen LogP contribution in [0.3, 0.4) is 0 Å². The van der Waals surface area contributed by atoms with Crippen LogP contribution >= 0.6 is 0 Å². The van der Waals surface area contributed by atoms with E-state index in [1.165, 1.54) is 11.3 Å². The zero-order valence-corrected chi connectivity index (χ0v) is 18.7. The molecule has 0 radical (unpaired) electrons. The van der Waals surface area contributed by atoms with Gasteiger partial charge in [0.2, 0.25) is 0 Å². The molecule has 4 heteroatoms. The maximum atomic E-state index is 12.4. The Morgan fingerprint density at radius 3 is 2.21 bits per heavy atom. The van der Waals surface area contributed by atoms with Crippen LogP contribution in [0, 0.1) is 6.92 Å². The van der Waals surface area contributed by atoms with Crippen LogP contribution in [0.4, 0.5) is 0 Å². The highest BCUT2D eigenvalue weighted by Crippen LogP contribution is 2.35. The number of amides is 1. The minimum Gasteiger partial charge on any atom is -0.366 e. The molecule has 2 aromatic rings. The second-order valence-corrected chi connectivity index (χ2v) is 9.03. The van der Waals surface area contributed by atoms with Crippen LogP contribution in [0.25, 0.3) is 11.1 Å². The van der Waals surface area contributed by atoms with Gasteiger partial charge in [-0.05, 0) is 56.9 Å². The van der Waals surface area contributed by atoms with Crippen LogP contribution in [-0.2, 0) is 18.4 Å². The van der Waals surface area contributed by atoms with E-state index in [9.17, 15) is 4.79 Å². The fraction of sp³-hybridized carbons (Fsp3) is 0.542. The first-order valence-electron chi connectivity index (χ1n) is 10.3. The van der Waals surface area contributed by atoms with Gasteiger partial charge in [-0.2, -0.15) is 0 Å². The molecule has 0 aliphatic carbocycles. The Balaban J connectivity index is 2.59. The van der Waals surface area contributed by atoms with E-state index in [1.807, 2.05) is 6.92 Å². The molecule has 0 atom stereocenters. The lowest BCUT2D eigenvalue weighted by atomic mass is 9.86. The van der Waals surface area contributed by atoms with Gasteiger partial charge in [-0.1, -0.05) is 58.4 Å². The summed E-state index contributed by atoms with van der Waals surface area (Å²) in [5.74, 6) is -0.337. The highest BCUT2D eigenvalue weighted by Gasteiger charge is 2.24. The SMILES string of the molecule is CCCc1c(-c2ccc(C(C)(C)C)cc2)c(C(N)=O)c(C)n1CCCN(C)C. The number of primary amides is 1. The molecule has 1 aromatic carbocycles. The molecule has 0 aliphatic heterocycles. The number of benzene rings is 1. The van der Waals surface area contributed by atoms with Gasteiger partial charge in [-0.15, -0.1) is 0 Å². The van der Waals surface area contributed by atoms with Gasteiger partial charge in [0.05, 0.1) is 5.56 Å². The van der Waals surface area contributed by atoms with E-state index in [4.69, 9.17) is 5.73 Å². The monoisotopic (exact) mass is 383 g/mol. The lowest BCUT2D eigenvalue weighted by Crippen LogP contribution is -2.17. The number of hydrogen-bond donors (Lipinski definition) is 1. The van der Waals surface area contributed by atoms with Crippen LogP contribution in [0.1, 0.15) is 67.8 Å². The first-order chi connectivity index (χ1) is 13.1. The normalized spacial score (nSPS) is 12.0. The van der Waals surface area contributed by atoms with E-state index < -0.39 is 0 Å². The zero-order chi connectivity index (χ0) is 21.1. The standard InChI is InChI=1S/C24H37N3O/c1-8-10-20-22(18-11-13-19(14-12-18)24(3,4)5)21(23(25)28)17(2)27(20)16-9-15-26(6)7/h11-14H,8-10,15-16H2,1-7H3,(H2,25,28). The summed E-state index contributed by atoms with van der Waals surface area (Å²) in [7, 11) is 4.18. The summed E-state index contributed by atoms with van der Waals surface area (Å²) >= 11 is 0. The van der Waals surface area contributed by atoms with Crippen molar-refractivity contribution in [2.45, 2.75) is 65.8 Å². The minimum absolute atomic E-state index is 0.103. The fourth-order valence-electron chi connectivity index (χ4n) is 3.89. The van der Waals surface area contributed by atoms with Crippen LogP contribution in [0.2, 0.25) is 0 Å². The Morgan fingerprint density at radius 2 is 1.75 bits per heavy atom. The third-order valence-electron chi connectivity index (χ3n) is 5.39. The highest BCUT2D eigenvalue weighted by atomic mass is 16.1. The molecule has 4 nitrogen and oxygen atoms in total. The van der Waals surface area contributed by atoms with Crippen molar-refractivity contribution in [1.29, 1.82) is 0 Å². The third-order valence-corrected chi connectivity index (χ3v) is 5.39. The van der Waals surface area contributed by atoms with Gasteiger partial charge in [-0.3, -0.25) is 4.79 Å². The van der Waals surface area contributed by atoms with Crippen molar-refractivity contribution >= 4 is 5.91 Å². The van der Waals surface area contributed by atoms with Gasteiger partial charge in [0.25, 0.3) is 5.91 Å². The molecule has 154 valence electrons. The summed E-state index contributed by atoms with van der Waals surface area (Å²) in [5, 5.41) is 0. The van der Waals surface area contributed by atoms with Gasteiger partial charge in [0.15, 0.2) is 0 Å². The maximum Gasteiger partial charge on any atom is 0.251 e. The molecule has 28 heavy (non-hydrogen) atoms. The van der Waals surface area contributed by atoms with E-state index >= 15 is 0 Å². The van der Waals surface area contributed by atoms with Crippen molar-refractivity contribution in [3.8, 4) is 11.1 Å². The molecule has 0 aliphatic rings. The predicted molar refractivity (Wildman–Crippen MR) is 119 cm³/mol. The molecule has 0 spiro atoms. The third kappa shape index (κ3) is 4.85. The Labute approximate surface area is 170 Å². The predicted octanol–water partition coefficient (Wildman–Crippen LogP) is 4.76. The van der Waals surface area contributed by atoms with E-state index in [0.29, 0.717) is 5.56 Å². The fourth-order valence-corrected chi connectivity index (χ4v) is 3.89. The summed E-state index contributed by atoms with van der Waals surface area (Å²) in [6, 6.07) is 8.64. The average molecular weight is 384 g/mol. The molecule has 0 saturated heterocycles. The number of aromatic nitrogens is 1. The van der Waals surface area contributed by atoms with Gasteiger partial charge >= 0.3 is 0 Å². The second kappa shape index (κ2) is 8.95. The molecule has 0 bridgehead atoms. The molecular formula is C24H37N3O. The summed E-state index contributed by atoms with van der Waals surface area (Å²) in [4.78, 5) is 14.6. The molecule has 2 rings (SSSR count). The second-order valence-electron chi connectivity index (χ2n) is 9.03. The Hall–Kier alpha value is -2.07. The summed E-state index contributed by atoms with van der Waals surface area (Å²) in [5.41, 5.74) is 12.2. The number of carbonyl (C=O) groups is 1. The zero-order valence-electron chi connectivity index (χ0n) is 18.7. The molecule has 2 N–H and O–H groups in total. The van der Waals surface area contributed by atoms with E-state index in [0.717, 1.165) is 49.2 Å². The summed E-state index contributed by atoms with van der Waals surface area (Å²) < 4.78 is 2.32. The molecule has 1 heterocycles. The first-order valence-corrected chi connectivity index (χ1v) is 10.3. The Bertz CT molecular complexity index is 808. The van der Waals surface area contributed by atoms with Gasteiger partial charge in [0.1, 0.15) is 0 Å². The molecular weight excluding hydrogens is 346 g/mol. The van der Waals surface area contributed by atoms with Crippen LogP contribution in [0.15, 0.2) is 24.3 Å². The molecule has 0 saturated carbocycles. The van der Waals surface area contributed by atoms with Gasteiger partial charge in [-0.25, -0.2) is 0 Å². The number of rotatable bonds is 8. The van der Waals surface area contributed by atoms with Crippen molar-refractivity contribution < 1.29 is 4.79 Å². The van der Waals surface area contributed by atoms with Crippen molar-refractivity contribution in [2.24, 2.45) is 5.73 Å². The van der Waals surface area contributed by atoms with Gasteiger partial charge in [0, 0.05) is 23.5 Å². The average Bonchev–Trinajstić information content (AvgIpc) is 2.87. The van der Waals surface area contributed by atoms with E-state index in [-0.39, 0.29) is 11.3 Å². The van der Waals surface area contributed by atoms with E-state index in [1.54, 1.807) is 0 Å². The molecule has 0 fully saturated rings. The summed E-state index contributed by atoms with van der Waals surface area (Å²) in [6.07, 6.45) is 3.01. The number of nitrogens with two attached hydrogens (primary N) is 1. The van der Waals surface area contributed by atoms with Crippen LogP contribution in [0.5, 0.6) is 0 Å². The first kappa shape index (κ1) is 22.2. The molecule has 0 unspecified atom stereocenters. The number of nitrogens with zero attached hydrogens (tertiary/aromatic N) is 2. The van der Waals surface area contributed by atoms with Crippen molar-refractivity contribution in [3.05, 3.63) is 46.8 Å². The van der Waals surface area contributed by atoms with Gasteiger partial charge < -0.3 is 15.2 Å². The van der Waals surface area contributed by atoms with E-state index in [2.05, 4.69) is 75.5 Å². The summed E-state index contributed by atoms with van der Waals surface area (Å²) in [6.45, 7) is 12.8. The lowest BCUT2D eigenvalue weighted by Gasteiger charge is -2.19. The van der Waals surface area contributed by atoms with Crippen molar-refractivity contribution in [2.75, 3.05) is 20.6 Å². The largest absolute Gasteiger partial charge is 0.366 e. The lowest BCUT2D eigenvalue weighted by molar-refractivity contribution is 0.1000. The quantitative estimate of drug-likeness (QED) is 0.714. The van der Waals surface area contributed by atoms with Crippen LogP contribution in [-0.4, -0.2) is 36.0 Å². The topological polar surface area (TPSA) is 51.3 Å². The number of hydrogen-bond acceptors (Lipinski definition) is 2. The number of carbonyl (C=O) groups excluding carboxylic acids is 1. The Kier molecular flexibility index (Phi) is 7.11. The van der Waals surface area contributed by atoms with Crippen molar-refractivity contribution in [1.82, 2.24) is 9.47 Å². The molecule has 1 aromatic heterocycles.